The lowest BCUT2D eigenvalue weighted by atomic mass is 10.1. The van der Waals surface area contributed by atoms with Crippen molar-refractivity contribution in [2.45, 2.75) is 53.0 Å². The fraction of sp³-hybridized carbons (Fsp3) is 0.526. The summed E-state index contributed by atoms with van der Waals surface area (Å²) in [6.45, 7) is 7.02. The average Bonchev–Trinajstić information content (AvgIpc) is 2.61. The van der Waals surface area contributed by atoms with Gasteiger partial charge in [-0.2, -0.15) is 0 Å². The first-order valence-corrected chi connectivity index (χ1v) is 9.03. The van der Waals surface area contributed by atoms with Crippen molar-refractivity contribution in [3.8, 4) is 0 Å². The minimum atomic E-state index is -0.751. The second-order valence-corrected chi connectivity index (χ2v) is 5.88. The third-order valence-electron chi connectivity index (χ3n) is 3.46. The molecule has 0 aromatic heterocycles. The number of guanidine groups is 1. The number of aryl methyl sites for hydroxylation is 1. The van der Waals surface area contributed by atoms with E-state index in [-0.39, 0.29) is 5.96 Å². The van der Waals surface area contributed by atoms with E-state index in [1.807, 2.05) is 45.0 Å². The Bertz CT molecular complexity index is 585. The number of nitrogens with one attached hydrogen (secondary N) is 2. The molecule has 1 aromatic carbocycles. The van der Waals surface area contributed by atoms with Crippen molar-refractivity contribution in [3.63, 3.8) is 0 Å². The quantitative estimate of drug-likeness (QED) is 0.415. The normalized spacial score (nSPS) is 11.0. The Hall–Kier alpha value is -2.57. The average molecular weight is 363 g/mol. The molecule has 26 heavy (non-hydrogen) atoms. The van der Waals surface area contributed by atoms with Gasteiger partial charge in [-0.15, -0.1) is 4.99 Å². The fourth-order valence-corrected chi connectivity index (χ4v) is 1.87. The van der Waals surface area contributed by atoms with E-state index in [1.54, 1.807) is 0 Å². The highest BCUT2D eigenvalue weighted by Gasteiger charge is 2.10. The summed E-state index contributed by atoms with van der Waals surface area (Å²) in [5, 5.41) is 5.39. The summed E-state index contributed by atoms with van der Waals surface area (Å²) in [6, 6.07) is 7.89. The lowest BCUT2D eigenvalue weighted by Gasteiger charge is -2.12. The monoisotopic (exact) mass is 363 g/mol. The van der Waals surface area contributed by atoms with Crippen molar-refractivity contribution in [3.05, 3.63) is 35.4 Å². The Morgan fingerprint density at radius 3 is 2.23 bits per heavy atom. The number of unbranched alkanes of at least 4 members (excludes halogenated alkanes) is 2. The van der Waals surface area contributed by atoms with Crippen LogP contribution in [0.1, 0.15) is 50.7 Å². The van der Waals surface area contributed by atoms with Crippen LogP contribution in [0.3, 0.4) is 0 Å². The molecule has 0 bridgehead atoms. The molecule has 7 nitrogen and oxygen atoms in total. The van der Waals surface area contributed by atoms with Crippen molar-refractivity contribution in [2.75, 3.05) is 13.2 Å². The maximum atomic E-state index is 11.8. The van der Waals surface area contributed by atoms with E-state index >= 15 is 0 Å². The van der Waals surface area contributed by atoms with Crippen molar-refractivity contribution >= 4 is 18.1 Å². The Kier molecular flexibility index (Phi) is 10.5. The fourth-order valence-electron chi connectivity index (χ4n) is 1.87. The molecule has 144 valence electrons. The topological polar surface area (TPSA) is 89.0 Å². The van der Waals surface area contributed by atoms with E-state index in [1.165, 1.54) is 0 Å². The number of hydrogen-bond donors (Lipinski definition) is 2. The maximum absolute atomic E-state index is 11.8. The lowest BCUT2D eigenvalue weighted by molar-refractivity contribution is 0.149. The Balaban J connectivity index is 2.65. The van der Waals surface area contributed by atoms with Gasteiger partial charge < -0.3 is 14.8 Å². The highest BCUT2D eigenvalue weighted by molar-refractivity contribution is 5.98. The van der Waals surface area contributed by atoms with Gasteiger partial charge in [-0.1, -0.05) is 56.5 Å². The van der Waals surface area contributed by atoms with Gasteiger partial charge in [0.15, 0.2) is 0 Å². The molecule has 0 spiro atoms. The van der Waals surface area contributed by atoms with Gasteiger partial charge in [0.25, 0.3) is 0 Å². The molecule has 2 N–H and O–H groups in total. The van der Waals surface area contributed by atoms with E-state index in [4.69, 9.17) is 9.47 Å². The molecule has 0 radical (unpaired) electrons. The zero-order valence-corrected chi connectivity index (χ0v) is 15.8. The second-order valence-electron chi connectivity index (χ2n) is 5.88. The standard InChI is InChI=1S/C19H29N3O4/c1-4-6-12-25-18(23)21-17(22-19(24)26-13-7-5-2)20-14-16-10-8-15(3)9-11-16/h8-11H,4-7,12-14H2,1-3H3,(H2,20,21,22,23,24). The van der Waals surface area contributed by atoms with Crippen LogP contribution in [-0.4, -0.2) is 31.4 Å². The van der Waals surface area contributed by atoms with Crippen molar-refractivity contribution < 1.29 is 19.1 Å². The van der Waals surface area contributed by atoms with Gasteiger partial charge in [0.1, 0.15) is 0 Å². The van der Waals surface area contributed by atoms with Crippen LogP contribution in [0.25, 0.3) is 0 Å². The van der Waals surface area contributed by atoms with Gasteiger partial charge in [-0.05, 0) is 25.3 Å². The Morgan fingerprint density at radius 2 is 1.62 bits per heavy atom. The predicted octanol–water partition coefficient (Wildman–Crippen LogP) is 3.90. The van der Waals surface area contributed by atoms with Crippen LogP contribution in [0.2, 0.25) is 0 Å². The summed E-state index contributed by atoms with van der Waals surface area (Å²) in [6.07, 6.45) is 1.96. The zero-order chi connectivity index (χ0) is 19.2. The zero-order valence-electron chi connectivity index (χ0n) is 15.8. The van der Waals surface area contributed by atoms with Gasteiger partial charge in [0.05, 0.1) is 13.2 Å². The number of benzene rings is 1. The number of ether oxygens (including phenoxy) is 2. The smallest absolute Gasteiger partial charge is 0.436 e. The number of carbonyl (C=O) groups is 2. The number of rotatable bonds is 8. The number of hydrogen-bond acceptors (Lipinski definition) is 4. The summed E-state index contributed by atoms with van der Waals surface area (Å²) in [5.74, 6) is 0.00794. The molecule has 0 saturated heterocycles. The molecule has 1 rings (SSSR count). The Morgan fingerprint density at radius 1 is 1.00 bits per heavy atom. The summed E-state index contributed by atoms with van der Waals surface area (Å²) >= 11 is 0. The molecule has 1 aromatic rings. The molecule has 0 atom stereocenters. The molecular weight excluding hydrogens is 334 g/mol. The van der Waals surface area contributed by atoms with Crippen LogP contribution in [0.5, 0.6) is 0 Å². The third kappa shape index (κ3) is 9.66. The predicted molar refractivity (Wildman–Crippen MR) is 101 cm³/mol. The van der Waals surface area contributed by atoms with Crippen LogP contribution < -0.4 is 10.6 Å². The van der Waals surface area contributed by atoms with Gasteiger partial charge >= 0.3 is 12.2 Å². The summed E-state index contributed by atoms with van der Waals surface area (Å²) in [4.78, 5) is 27.4. The summed E-state index contributed by atoms with van der Waals surface area (Å²) in [5.41, 5.74) is 2.14. The van der Waals surface area contributed by atoms with Gasteiger partial charge in [-0.3, -0.25) is 5.32 Å². The number of alkyl carbamates (subject to hydrolysis) is 1. The van der Waals surface area contributed by atoms with E-state index in [2.05, 4.69) is 15.6 Å². The van der Waals surface area contributed by atoms with Gasteiger partial charge in [0, 0.05) is 6.54 Å². The molecule has 0 aliphatic heterocycles. The minimum Gasteiger partial charge on any atom is -0.449 e. The van der Waals surface area contributed by atoms with Crippen LogP contribution in [0.15, 0.2) is 29.3 Å². The lowest BCUT2D eigenvalue weighted by Crippen LogP contribution is -2.41. The molecule has 0 saturated carbocycles. The van der Waals surface area contributed by atoms with E-state index in [0.717, 1.165) is 36.8 Å². The molecule has 0 aliphatic carbocycles. The first kappa shape index (κ1) is 21.5. The van der Waals surface area contributed by atoms with Crippen LogP contribution in [0.4, 0.5) is 9.59 Å². The molecule has 7 heteroatoms. The SMILES string of the molecule is CCCCOC(=O)/N=C(/NCc1ccc(C)cc1)NC(=O)OCCCC. The highest BCUT2D eigenvalue weighted by Crippen LogP contribution is 2.02. The number of amides is 2. The molecule has 0 aliphatic rings. The van der Waals surface area contributed by atoms with Crippen LogP contribution in [-0.2, 0) is 16.0 Å². The highest BCUT2D eigenvalue weighted by atomic mass is 16.6. The summed E-state index contributed by atoms with van der Waals surface area (Å²) < 4.78 is 10.0. The van der Waals surface area contributed by atoms with Crippen LogP contribution in [0, 0.1) is 6.92 Å². The Labute approximate surface area is 155 Å². The van der Waals surface area contributed by atoms with Gasteiger partial charge in [-0.25, -0.2) is 9.59 Å². The van der Waals surface area contributed by atoms with E-state index in [0.29, 0.717) is 19.8 Å². The van der Waals surface area contributed by atoms with Crippen molar-refractivity contribution in [1.29, 1.82) is 0 Å². The van der Waals surface area contributed by atoms with E-state index < -0.39 is 12.2 Å². The molecular formula is C19H29N3O4. The number of aliphatic imine (C=N–C) groups is 1. The van der Waals surface area contributed by atoms with Crippen LogP contribution >= 0.6 is 0 Å². The molecule has 0 heterocycles. The minimum absolute atomic E-state index is 0.00794. The molecule has 0 unspecified atom stereocenters. The van der Waals surface area contributed by atoms with Crippen molar-refractivity contribution in [2.24, 2.45) is 4.99 Å². The molecule has 0 fully saturated rings. The summed E-state index contributed by atoms with van der Waals surface area (Å²) in [7, 11) is 0. The maximum Gasteiger partial charge on any atom is 0.436 e. The number of nitrogens with zero attached hydrogens (tertiary/aromatic N) is 1. The van der Waals surface area contributed by atoms with Gasteiger partial charge in [0.2, 0.25) is 5.96 Å². The number of carbonyl (C=O) groups excluding carboxylic acids is 2. The van der Waals surface area contributed by atoms with Crippen molar-refractivity contribution in [1.82, 2.24) is 10.6 Å². The first-order chi connectivity index (χ1) is 12.5. The molecule has 2 amide bonds. The first-order valence-electron chi connectivity index (χ1n) is 9.03. The largest absolute Gasteiger partial charge is 0.449 e. The second kappa shape index (κ2) is 12.7. The van der Waals surface area contributed by atoms with E-state index in [9.17, 15) is 9.59 Å². The third-order valence-corrected chi connectivity index (χ3v) is 3.46.